The van der Waals surface area contributed by atoms with E-state index in [0.29, 0.717) is 43.2 Å². The number of nitrogens with zero attached hydrogens (tertiary/aromatic N) is 2. The lowest BCUT2D eigenvalue weighted by atomic mass is 10.0. The van der Waals surface area contributed by atoms with Gasteiger partial charge in [0, 0.05) is 37.4 Å². The number of carbonyl (C=O) groups excluding carboxylic acids is 1. The second-order valence-electron chi connectivity index (χ2n) is 6.13. The van der Waals surface area contributed by atoms with E-state index in [4.69, 9.17) is 11.6 Å². The van der Waals surface area contributed by atoms with Crippen LogP contribution in [0.4, 0.5) is 10.5 Å². The molecule has 2 atom stereocenters. The number of halogens is 1. The van der Waals surface area contributed by atoms with Gasteiger partial charge in [0.05, 0.1) is 5.25 Å². The van der Waals surface area contributed by atoms with Gasteiger partial charge >= 0.3 is 6.03 Å². The van der Waals surface area contributed by atoms with Gasteiger partial charge in [-0.1, -0.05) is 17.7 Å². The minimum atomic E-state index is -3.21. The van der Waals surface area contributed by atoms with Gasteiger partial charge in [0.15, 0.2) is 0 Å². The number of hydrogen-bond donors (Lipinski definition) is 1. The molecule has 2 aliphatic rings. The Labute approximate surface area is 141 Å². The lowest BCUT2D eigenvalue weighted by Crippen LogP contribution is -2.37. The van der Waals surface area contributed by atoms with Gasteiger partial charge in [-0.2, -0.15) is 0 Å². The van der Waals surface area contributed by atoms with Crippen LogP contribution >= 0.6 is 11.6 Å². The van der Waals surface area contributed by atoms with E-state index in [1.54, 1.807) is 36.2 Å². The van der Waals surface area contributed by atoms with Crippen LogP contribution in [0.1, 0.15) is 12.8 Å². The van der Waals surface area contributed by atoms with Gasteiger partial charge in [-0.3, -0.25) is 0 Å². The van der Waals surface area contributed by atoms with Crippen LogP contribution in [0, 0.1) is 5.92 Å². The first kappa shape index (κ1) is 16.5. The number of sulfonamides is 1. The molecule has 1 aromatic carbocycles. The summed E-state index contributed by atoms with van der Waals surface area (Å²) >= 11 is 5.91. The van der Waals surface area contributed by atoms with Gasteiger partial charge in [0.25, 0.3) is 0 Å². The summed E-state index contributed by atoms with van der Waals surface area (Å²) in [5.41, 5.74) is 0.638. The average Bonchev–Trinajstić information content (AvgIpc) is 2.65. The maximum absolute atomic E-state index is 12.4. The predicted molar refractivity (Wildman–Crippen MR) is 90.1 cm³/mol. The number of fused-ring (bicyclic) bond motifs is 1. The predicted octanol–water partition coefficient (Wildman–Crippen LogP) is 2.23. The summed E-state index contributed by atoms with van der Waals surface area (Å²) in [4.78, 5) is 14.1. The fraction of sp³-hybridized carbons (Fsp3) is 0.533. The number of hydrogen-bond acceptors (Lipinski definition) is 3. The van der Waals surface area contributed by atoms with Crippen molar-refractivity contribution < 1.29 is 13.2 Å². The summed E-state index contributed by atoms with van der Waals surface area (Å²) in [5, 5.41) is 3.01. The molecule has 1 aromatic rings. The number of carbonyl (C=O) groups is 1. The molecule has 2 aliphatic heterocycles. The zero-order valence-corrected chi connectivity index (χ0v) is 14.5. The van der Waals surface area contributed by atoms with Crippen LogP contribution in [-0.2, 0) is 10.0 Å². The first-order valence-electron chi connectivity index (χ1n) is 7.64. The fourth-order valence-electron chi connectivity index (χ4n) is 3.38. The Morgan fingerprint density at radius 1 is 1.30 bits per heavy atom. The van der Waals surface area contributed by atoms with E-state index < -0.39 is 10.0 Å². The monoisotopic (exact) mass is 357 g/mol. The van der Waals surface area contributed by atoms with Crippen molar-refractivity contribution in [3.63, 3.8) is 0 Å². The molecule has 0 unspecified atom stereocenters. The Bertz CT molecular complexity index is 710. The minimum Gasteiger partial charge on any atom is -0.324 e. The topological polar surface area (TPSA) is 69.7 Å². The van der Waals surface area contributed by atoms with E-state index in [1.807, 2.05) is 0 Å². The smallest absolute Gasteiger partial charge is 0.321 e. The van der Waals surface area contributed by atoms with Crippen molar-refractivity contribution in [3.8, 4) is 0 Å². The summed E-state index contributed by atoms with van der Waals surface area (Å²) in [5.74, 6) is 0.106. The maximum Gasteiger partial charge on any atom is 0.321 e. The van der Waals surface area contributed by atoms with Gasteiger partial charge in [0.2, 0.25) is 10.0 Å². The average molecular weight is 358 g/mol. The summed E-state index contributed by atoms with van der Waals surface area (Å²) in [6.45, 7) is 1.56. The van der Waals surface area contributed by atoms with Crippen LogP contribution in [0.2, 0.25) is 5.02 Å². The molecule has 6 nitrogen and oxygen atoms in total. The quantitative estimate of drug-likeness (QED) is 0.837. The molecule has 8 heteroatoms. The zero-order chi connectivity index (χ0) is 16.6. The number of rotatable bonds is 1. The molecular weight excluding hydrogens is 338 g/mol. The molecule has 2 amide bonds. The Balaban J connectivity index is 1.66. The Morgan fingerprint density at radius 2 is 2.04 bits per heavy atom. The number of benzene rings is 1. The van der Waals surface area contributed by atoms with Gasteiger partial charge < -0.3 is 10.2 Å². The third kappa shape index (κ3) is 3.32. The van der Waals surface area contributed by atoms with Gasteiger partial charge in [-0.25, -0.2) is 17.5 Å². The molecule has 0 spiro atoms. The van der Waals surface area contributed by atoms with E-state index in [9.17, 15) is 13.2 Å². The minimum absolute atomic E-state index is 0.106. The van der Waals surface area contributed by atoms with Crippen LogP contribution in [0.25, 0.3) is 0 Å². The Morgan fingerprint density at radius 3 is 2.78 bits per heavy atom. The molecule has 126 valence electrons. The number of nitrogens with one attached hydrogen (secondary N) is 1. The van der Waals surface area contributed by atoms with Crippen molar-refractivity contribution in [1.82, 2.24) is 9.21 Å². The molecule has 2 heterocycles. The molecule has 0 aliphatic carbocycles. The molecule has 0 aromatic heterocycles. The summed E-state index contributed by atoms with van der Waals surface area (Å²) < 4.78 is 26.0. The highest BCUT2D eigenvalue weighted by molar-refractivity contribution is 7.90. The van der Waals surface area contributed by atoms with Crippen LogP contribution < -0.4 is 5.32 Å². The summed E-state index contributed by atoms with van der Waals surface area (Å²) in [6.07, 6.45) is 1.19. The van der Waals surface area contributed by atoms with Crippen LogP contribution in [0.5, 0.6) is 0 Å². The van der Waals surface area contributed by atoms with Gasteiger partial charge in [-0.15, -0.1) is 0 Å². The summed E-state index contributed by atoms with van der Waals surface area (Å²) in [6, 6.07) is 6.76. The summed E-state index contributed by atoms with van der Waals surface area (Å²) in [7, 11) is -1.57. The lowest BCUT2D eigenvalue weighted by Gasteiger charge is -2.22. The third-order valence-electron chi connectivity index (χ3n) is 4.65. The van der Waals surface area contributed by atoms with E-state index in [1.165, 1.54) is 4.31 Å². The lowest BCUT2D eigenvalue weighted by molar-refractivity contribution is 0.212. The first-order valence-corrected chi connectivity index (χ1v) is 9.52. The highest BCUT2D eigenvalue weighted by Crippen LogP contribution is 2.33. The van der Waals surface area contributed by atoms with Crippen molar-refractivity contribution in [2.75, 3.05) is 32.0 Å². The second kappa shape index (κ2) is 6.30. The largest absolute Gasteiger partial charge is 0.324 e. The number of amides is 2. The van der Waals surface area contributed by atoms with Crippen LogP contribution in [0.3, 0.4) is 0 Å². The highest BCUT2D eigenvalue weighted by Gasteiger charge is 2.45. The van der Waals surface area contributed by atoms with Crippen molar-refractivity contribution in [2.45, 2.75) is 18.1 Å². The SMILES string of the molecule is CN1C[C@@H]2CCN(C(=O)Nc3cccc(Cl)c3)CC[C@H]2S1(=O)=O. The highest BCUT2D eigenvalue weighted by atomic mass is 35.5. The van der Waals surface area contributed by atoms with Crippen LogP contribution in [0.15, 0.2) is 24.3 Å². The third-order valence-corrected chi connectivity index (χ3v) is 7.29. The molecule has 23 heavy (non-hydrogen) atoms. The van der Waals surface area contributed by atoms with E-state index in [-0.39, 0.29) is 17.2 Å². The zero-order valence-electron chi connectivity index (χ0n) is 12.9. The normalized spacial score (nSPS) is 27.3. The standard InChI is InChI=1S/C15H20ClN3O3S/c1-18-10-11-5-7-19(8-6-14(11)23(18,21)22)15(20)17-13-4-2-3-12(16)9-13/h2-4,9,11,14H,5-8,10H2,1H3,(H,17,20)/t11-,14+/m0/s1. The molecule has 3 rings (SSSR count). The number of urea groups is 1. The van der Waals surface area contributed by atoms with Crippen molar-refractivity contribution in [3.05, 3.63) is 29.3 Å². The number of likely N-dealkylation sites (tertiary alicyclic amines) is 1. The molecule has 0 bridgehead atoms. The molecule has 0 radical (unpaired) electrons. The van der Waals surface area contributed by atoms with Crippen LogP contribution in [-0.4, -0.2) is 55.6 Å². The second-order valence-corrected chi connectivity index (χ2v) is 8.82. The van der Waals surface area contributed by atoms with Gasteiger partial charge in [-0.05, 0) is 37.0 Å². The Hall–Kier alpha value is -1.31. The first-order chi connectivity index (χ1) is 10.9. The van der Waals surface area contributed by atoms with E-state index in [0.717, 1.165) is 0 Å². The molecule has 1 N–H and O–H groups in total. The van der Waals surface area contributed by atoms with Crippen molar-refractivity contribution in [2.24, 2.45) is 5.92 Å². The Kier molecular flexibility index (Phi) is 4.53. The molecule has 0 saturated carbocycles. The molecular formula is C15H20ClN3O3S. The van der Waals surface area contributed by atoms with E-state index in [2.05, 4.69) is 5.32 Å². The maximum atomic E-state index is 12.4. The molecule has 2 saturated heterocycles. The van der Waals surface area contributed by atoms with E-state index >= 15 is 0 Å². The number of anilines is 1. The molecule has 2 fully saturated rings. The van der Waals surface area contributed by atoms with Crippen molar-refractivity contribution in [1.29, 1.82) is 0 Å². The fourth-order valence-corrected chi connectivity index (χ4v) is 5.54. The van der Waals surface area contributed by atoms with Crippen molar-refractivity contribution >= 4 is 33.3 Å². The van der Waals surface area contributed by atoms with Gasteiger partial charge in [0.1, 0.15) is 0 Å².